The Labute approximate surface area is 128 Å². The van der Waals surface area contributed by atoms with E-state index in [1.54, 1.807) is 0 Å². The number of hydrogen-bond acceptors (Lipinski definition) is 2. The van der Waals surface area contributed by atoms with Crippen LogP contribution in [-0.2, 0) is 6.54 Å². The van der Waals surface area contributed by atoms with E-state index in [1.165, 1.54) is 0 Å². The van der Waals surface area contributed by atoms with Crippen molar-refractivity contribution in [3.05, 3.63) is 34.3 Å². The third-order valence-corrected chi connectivity index (χ3v) is 4.58. The van der Waals surface area contributed by atoms with E-state index in [0.29, 0.717) is 6.54 Å². The van der Waals surface area contributed by atoms with Gasteiger partial charge in [0.1, 0.15) is 0 Å². The van der Waals surface area contributed by atoms with Crippen LogP contribution < -0.4 is 10.6 Å². The summed E-state index contributed by atoms with van der Waals surface area (Å²) in [5.41, 5.74) is 0.860. The average Bonchev–Trinajstić information content (AvgIpc) is 2.79. The van der Waals surface area contributed by atoms with Crippen LogP contribution >= 0.6 is 15.9 Å². The highest BCUT2D eigenvalue weighted by Crippen LogP contribution is 2.37. The molecule has 3 N–H and O–H groups in total. The second-order valence-corrected chi connectivity index (χ2v) is 6.63. The van der Waals surface area contributed by atoms with E-state index in [1.807, 2.05) is 31.2 Å². The Morgan fingerprint density at radius 1 is 1.55 bits per heavy atom. The molecule has 0 saturated heterocycles. The first-order valence-corrected chi connectivity index (χ1v) is 7.72. The molecule has 1 aliphatic rings. The van der Waals surface area contributed by atoms with Crippen molar-refractivity contribution >= 4 is 22.0 Å². The van der Waals surface area contributed by atoms with E-state index in [0.717, 1.165) is 29.3 Å². The van der Waals surface area contributed by atoms with Crippen LogP contribution in [0.3, 0.4) is 0 Å². The molecule has 5 heteroatoms. The molecule has 1 fully saturated rings. The zero-order valence-corrected chi connectivity index (χ0v) is 13.2. The van der Waals surface area contributed by atoms with E-state index in [9.17, 15) is 9.90 Å². The topological polar surface area (TPSA) is 61.4 Å². The lowest BCUT2D eigenvalue weighted by molar-refractivity contribution is 0.121. The minimum absolute atomic E-state index is 0.0509. The molecule has 0 radical (unpaired) electrons. The summed E-state index contributed by atoms with van der Waals surface area (Å²) >= 11 is 3.41. The molecule has 1 aliphatic carbocycles. The second-order valence-electron chi connectivity index (χ2n) is 5.71. The number of hydrogen-bond donors (Lipinski definition) is 3. The predicted molar refractivity (Wildman–Crippen MR) is 82.3 cm³/mol. The van der Waals surface area contributed by atoms with Gasteiger partial charge in [-0.05, 0) is 30.5 Å². The van der Waals surface area contributed by atoms with Crippen LogP contribution in [0.2, 0.25) is 0 Å². The molecule has 110 valence electrons. The summed E-state index contributed by atoms with van der Waals surface area (Å²) in [6, 6.07) is 7.73. The van der Waals surface area contributed by atoms with Gasteiger partial charge in [0.05, 0.1) is 6.61 Å². The Kier molecular flexibility index (Phi) is 5.05. The van der Waals surface area contributed by atoms with Crippen LogP contribution in [0.15, 0.2) is 28.7 Å². The normalized spacial score (nSPS) is 25.4. The number of aliphatic hydroxyl groups excluding tert-OH is 1. The summed E-state index contributed by atoms with van der Waals surface area (Å²) in [6.45, 7) is 2.64. The smallest absolute Gasteiger partial charge is 0.315 e. The maximum Gasteiger partial charge on any atom is 0.315 e. The largest absolute Gasteiger partial charge is 0.396 e. The Morgan fingerprint density at radius 3 is 3.05 bits per heavy atom. The molecule has 0 aliphatic heterocycles. The number of urea groups is 1. The number of carbonyl (C=O) groups excluding carboxylic acids is 1. The van der Waals surface area contributed by atoms with Crippen molar-refractivity contribution in [3.63, 3.8) is 0 Å². The van der Waals surface area contributed by atoms with Gasteiger partial charge in [-0.15, -0.1) is 0 Å². The van der Waals surface area contributed by atoms with E-state index in [2.05, 4.69) is 26.6 Å². The molecule has 2 unspecified atom stereocenters. The zero-order chi connectivity index (χ0) is 14.6. The van der Waals surface area contributed by atoms with Gasteiger partial charge in [-0.3, -0.25) is 0 Å². The third-order valence-electron chi connectivity index (χ3n) is 4.09. The lowest BCUT2D eigenvalue weighted by Crippen LogP contribution is -2.48. The molecule has 1 aromatic rings. The molecule has 0 spiro atoms. The molecule has 1 aromatic carbocycles. The Hall–Kier alpha value is -1.07. The average molecular weight is 341 g/mol. The molecular formula is C15H21BrN2O2. The SMILES string of the molecule is CC1(CO)CCCC1NC(=O)NCc1cccc(Br)c1. The summed E-state index contributed by atoms with van der Waals surface area (Å²) < 4.78 is 1.00. The number of rotatable bonds is 4. The third kappa shape index (κ3) is 3.73. The molecule has 1 saturated carbocycles. The first kappa shape index (κ1) is 15.3. The van der Waals surface area contributed by atoms with Gasteiger partial charge in [-0.25, -0.2) is 4.79 Å². The minimum Gasteiger partial charge on any atom is -0.396 e. The molecule has 0 heterocycles. The summed E-state index contributed by atoms with van der Waals surface area (Å²) in [4.78, 5) is 11.9. The Bertz CT molecular complexity index is 481. The lowest BCUT2D eigenvalue weighted by atomic mass is 9.86. The van der Waals surface area contributed by atoms with E-state index < -0.39 is 0 Å². The number of amides is 2. The Morgan fingerprint density at radius 2 is 2.35 bits per heavy atom. The van der Waals surface area contributed by atoms with Crippen LogP contribution in [-0.4, -0.2) is 23.8 Å². The van der Waals surface area contributed by atoms with Crippen LogP contribution in [0.4, 0.5) is 4.79 Å². The van der Waals surface area contributed by atoms with Gasteiger partial charge in [-0.2, -0.15) is 0 Å². The number of halogens is 1. The first-order chi connectivity index (χ1) is 9.53. The van der Waals surface area contributed by atoms with Gasteiger partial charge >= 0.3 is 6.03 Å². The van der Waals surface area contributed by atoms with Gasteiger partial charge < -0.3 is 15.7 Å². The number of carbonyl (C=O) groups is 1. The quantitative estimate of drug-likeness (QED) is 0.789. The molecular weight excluding hydrogens is 320 g/mol. The van der Waals surface area contributed by atoms with Gasteiger partial charge in [0, 0.05) is 22.5 Å². The van der Waals surface area contributed by atoms with E-state index in [-0.39, 0.29) is 24.1 Å². The zero-order valence-electron chi connectivity index (χ0n) is 11.7. The molecule has 2 atom stereocenters. The maximum absolute atomic E-state index is 11.9. The van der Waals surface area contributed by atoms with Crippen molar-refractivity contribution in [2.45, 2.75) is 38.8 Å². The predicted octanol–water partition coefficient (Wildman–Crippen LogP) is 2.80. The van der Waals surface area contributed by atoms with Crippen LogP contribution in [0, 0.1) is 5.41 Å². The molecule has 0 aromatic heterocycles. The van der Waals surface area contributed by atoms with Gasteiger partial charge in [-0.1, -0.05) is 41.4 Å². The number of aliphatic hydroxyl groups is 1. The highest BCUT2D eigenvalue weighted by molar-refractivity contribution is 9.10. The molecule has 2 rings (SSSR count). The van der Waals surface area contributed by atoms with Crippen LogP contribution in [0.25, 0.3) is 0 Å². The molecule has 20 heavy (non-hydrogen) atoms. The lowest BCUT2D eigenvalue weighted by Gasteiger charge is -2.30. The van der Waals surface area contributed by atoms with Crippen molar-refractivity contribution in [1.29, 1.82) is 0 Å². The van der Waals surface area contributed by atoms with E-state index >= 15 is 0 Å². The van der Waals surface area contributed by atoms with Crippen molar-refractivity contribution in [1.82, 2.24) is 10.6 Å². The first-order valence-electron chi connectivity index (χ1n) is 6.93. The van der Waals surface area contributed by atoms with Gasteiger partial charge in [0.15, 0.2) is 0 Å². The van der Waals surface area contributed by atoms with Crippen LogP contribution in [0.5, 0.6) is 0 Å². The highest BCUT2D eigenvalue weighted by Gasteiger charge is 2.38. The maximum atomic E-state index is 11.9. The van der Waals surface area contributed by atoms with Crippen molar-refractivity contribution in [3.8, 4) is 0 Å². The second kappa shape index (κ2) is 6.59. The summed E-state index contributed by atoms with van der Waals surface area (Å²) in [5.74, 6) is 0. The number of benzene rings is 1. The molecule has 0 bridgehead atoms. The van der Waals surface area contributed by atoms with Gasteiger partial charge in [0.25, 0.3) is 0 Å². The fourth-order valence-corrected chi connectivity index (χ4v) is 3.15. The Balaban J connectivity index is 1.84. The fourth-order valence-electron chi connectivity index (χ4n) is 2.71. The highest BCUT2D eigenvalue weighted by atomic mass is 79.9. The summed E-state index contributed by atoms with van der Waals surface area (Å²) in [7, 11) is 0. The molecule has 4 nitrogen and oxygen atoms in total. The fraction of sp³-hybridized carbons (Fsp3) is 0.533. The minimum atomic E-state index is -0.187. The summed E-state index contributed by atoms with van der Waals surface area (Å²) in [5, 5.41) is 15.3. The van der Waals surface area contributed by atoms with Crippen molar-refractivity contribution in [2.24, 2.45) is 5.41 Å². The van der Waals surface area contributed by atoms with Crippen LogP contribution in [0.1, 0.15) is 31.7 Å². The van der Waals surface area contributed by atoms with Crippen molar-refractivity contribution < 1.29 is 9.90 Å². The van der Waals surface area contributed by atoms with E-state index in [4.69, 9.17) is 0 Å². The standard InChI is InChI=1S/C15H21BrN2O2/c1-15(10-19)7-3-6-13(15)18-14(20)17-9-11-4-2-5-12(16)8-11/h2,4-5,8,13,19H,3,6-7,9-10H2,1H3,(H2,17,18,20). The monoisotopic (exact) mass is 340 g/mol. The van der Waals surface area contributed by atoms with Crippen molar-refractivity contribution in [2.75, 3.05) is 6.61 Å². The molecule has 2 amide bonds. The summed E-state index contributed by atoms with van der Waals surface area (Å²) in [6.07, 6.45) is 2.94. The van der Waals surface area contributed by atoms with Gasteiger partial charge in [0.2, 0.25) is 0 Å². The number of nitrogens with one attached hydrogen (secondary N) is 2.